The Kier molecular flexibility index (Phi) is 3.81. The van der Waals surface area contributed by atoms with Crippen molar-refractivity contribution in [3.63, 3.8) is 0 Å². The van der Waals surface area contributed by atoms with Gasteiger partial charge >= 0.3 is 0 Å². The van der Waals surface area contributed by atoms with Crippen molar-refractivity contribution in [2.24, 2.45) is 10.7 Å². The summed E-state index contributed by atoms with van der Waals surface area (Å²) in [6.07, 6.45) is 1.40. The molecule has 0 aliphatic carbocycles. The van der Waals surface area contributed by atoms with Gasteiger partial charge in [-0.1, -0.05) is 6.07 Å². The molecular weight excluding hydrogens is 346 g/mol. The first kappa shape index (κ1) is 16.7. The molecule has 1 atom stereocenters. The summed E-state index contributed by atoms with van der Waals surface area (Å²) in [6.45, 7) is 0. The normalized spacial score (nSPS) is 17.1. The van der Waals surface area contributed by atoms with Gasteiger partial charge in [0.15, 0.2) is 0 Å². The van der Waals surface area contributed by atoms with Gasteiger partial charge in [0.05, 0.1) is 25.5 Å². The third-order valence-corrected chi connectivity index (χ3v) is 4.61. The second-order valence-corrected chi connectivity index (χ2v) is 6.08. The van der Waals surface area contributed by atoms with Crippen LogP contribution >= 0.6 is 0 Å². The lowest BCUT2D eigenvalue weighted by Crippen LogP contribution is -2.31. The Morgan fingerprint density at radius 1 is 1.19 bits per heavy atom. The van der Waals surface area contributed by atoms with Crippen LogP contribution in [0.2, 0.25) is 0 Å². The lowest BCUT2D eigenvalue weighted by Gasteiger charge is -2.27. The van der Waals surface area contributed by atoms with E-state index in [9.17, 15) is 10.1 Å². The maximum Gasteiger partial charge on any atom is 0.271 e. The van der Waals surface area contributed by atoms with Crippen LogP contribution in [0, 0.1) is 11.3 Å². The van der Waals surface area contributed by atoms with Gasteiger partial charge in [-0.2, -0.15) is 5.26 Å². The summed E-state index contributed by atoms with van der Waals surface area (Å²) in [5, 5.41) is 10.8. The molecule has 1 amide bonds. The summed E-state index contributed by atoms with van der Waals surface area (Å²) in [5.41, 5.74) is 7.80. The quantitative estimate of drug-likeness (QED) is 0.869. The second-order valence-electron chi connectivity index (χ2n) is 6.08. The third kappa shape index (κ3) is 2.59. The van der Waals surface area contributed by atoms with Crippen molar-refractivity contribution >= 4 is 12.0 Å². The van der Waals surface area contributed by atoms with E-state index in [4.69, 9.17) is 19.9 Å². The Hall–Kier alpha value is -3.79. The number of rotatable bonds is 3. The Morgan fingerprint density at radius 2 is 1.89 bits per heavy atom. The number of fused-ring (bicyclic) bond motifs is 3. The summed E-state index contributed by atoms with van der Waals surface area (Å²) in [6, 6.07) is 11.1. The summed E-state index contributed by atoms with van der Waals surface area (Å²) in [4.78, 5) is 15.6. The molecule has 0 bridgehead atoms. The Labute approximate surface area is 154 Å². The maximum atomic E-state index is 11.7. The number of benzene rings is 2. The van der Waals surface area contributed by atoms with Gasteiger partial charge in [0.2, 0.25) is 5.88 Å². The monoisotopic (exact) mass is 361 g/mol. The average Bonchev–Trinajstić information content (AvgIpc) is 3.07. The Bertz CT molecular complexity index is 1150. The molecule has 2 aliphatic heterocycles. The van der Waals surface area contributed by atoms with Gasteiger partial charge < -0.3 is 19.9 Å². The lowest BCUT2D eigenvalue weighted by atomic mass is 9.83. The summed E-state index contributed by atoms with van der Waals surface area (Å²) in [7, 11) is 3.11. The van der Waals surface area contributed by atoms with Crippen molar-refractivity contribution in [2.75, 3.05) is 14.2 Å². The van der Waals surface area contributed by atoms with Gasteiger partial charge in [-0.25, -0.2) is 4.99 Å². The van der Waals surface area contributed by atoms with Crippen LogP contribution in [0.5, 0.6) is 17.2 Å². The predicted octanol–water partition coefficient (Wildman–Crippen LogP) is 0.862. The number of nitriles is 1. The molecule has 2 aromatic carbocycles. The molecule has 0 radical (unpaired) electrons. The number of methoxy groups -OCH3 is 2. The Morgan fingerprint density at radius 3 is 2.52 bits per heavy atom. The smallest absolute Gasteiger partial charge is 0.271 e. The molecule has 2 aliphatic rings. The van der Waals surface area contributed by atoms with Gasteiger partial charge in [-0.3, -0.25) is 4.79 Å². The van der Waals surface area contributed by atoms with Gasteiger partial charge in [0, 0.05) is 22.9 Å². The van der Waals surface area contributed by atoms with Crippen molar-refractivity contribution in [3.05, 3.63) is 63.5 Å². The summed E-state index contributed by atoms with van der Waals surface area (Å²) < 4.78 is 16.4. The largest absolute Gasteiger partial charge is 0.497 e. The highest BCUT2D eigenvalue weighted by molar-refractivity contribution is 6.06. The summed E-state index contributed by atoms with van der Waals surface area (Å²) in [5.74, 6) is 0.771. The number of amides is 1. The van der Waals surface area contributed by atoms with Gasteiger partial charge in [-0.15, -0.1) is 0 Å². The van der Waals surface area contributed by atoms with Crippen molar-refractivity contribution in [1.82, 2.24) is 0 Å². The molecule has 0 spiro atoms. The van der Waals surface area contributed by atoms with E-state index >= 15 is 0 Å². The highest BCUT2D eigenvalue weighted by Gasteiger charge is 2.32. The van der Waals surface area contributed by atoms with Crippen molar-refractivity contribution < 1.29 is 19.0 Å². The molecule has 7 nitrogen and oxygen atoms in total. The first-order valence-corrected chi connectivity index (χ1v) is 8.13. The minimum Gasteiger partial charge on any atom is -0.497 e. The van der Waals surface area contributed by atoms with Gasteiger partial charge in [0.25, 0.3) is 5.91 Å². The molecule has 0 fully saturated rings. The highest BCUT2D eigenvalue weighted by Crippen LogP contribution is 2.42. The molecule has 7 heteroatoms. The van der Waals surface area contributed by atoms with E-state index in [-0.39, 0.29) is 17.4 Å². The molecule has 134 valence electrons. The van der Waals surface area contributed by atoms with E-state index < -0.39 is 5.92 Å². The van der Waals surface area contributed by atoms with Crippen LogP contribution in [0.25, 0.3) is 6.08 Å². The number of allylic oxidation sites excluding steroid dienone is 1. The second kappa shape index (κ2) is 6.18. The molecule has 2 aromatic rings. The maximum absolute atomic E-state index is 11.7. The highest BCUT2D eigenvalue weighted by atomic mass is 16.5. The molecule has 0 saturated carbocycles. The first-order chi connectivity index (χ1) is 13.0. The molecule has 4 rings (SSSR count). The van der Waals surface area contributed by atoms with Crippen LogP contribution in [0.3, 0.4) is 0 Å². The molecular formula is C20H15N3O4. The van der Waals surface area contributed by atoms with E-state index in [0.29, 0.717) is 27.8 Å². The fourth-order valence-corrected chi connectivity index (χ4v) is 3.38. The molecule has 27 heavy (non-hydrogen) atoms. The van der Waals surface area contributed by atoms with Crippen molar-refractivity contribution in [2.45, 2.75) is 5.92 Å². The van der Waals surface area contributed by atoms with E-state index in [1.54, 1.807) is 32.4 Å². The minimum absolute atomic E-state index is 0.00191. The average molecular weight is 361 g/mol. The zero-order valence-corrected chi connectivity index (χ0v) is 14.6. The van der Waals surface area contributed by atoms with Crippen LogP contribution in [-0.2, 0) is 4.79 Å². The fraction of sp³-hybridized carbons (Fsp3) is 0.150. The van der Waals surface area contributed by atoms with Crippen molar-refractivity contribution in [1.29, 1.82) is 5.26 Å². The first-order valence-electron chi connectivity index (χ1n) is 8.13. The number of hydrogen-bond acceptors (Lipinski definition) is 6. The number of nitrogens with zero attached hydrogens (tertiary/aromatic N) is 2. The third-order valence-electron chi connectivity index (χ3n) is 4.61. The van der Waals surface area contributed by atoms with E-state index in [2.05, 4.69) is 11.1 Å². The SMILES string of the molecule is COc1cc(OC)cc(C2C(C#N)=C(N)Oc3c2ccc2c3=CC(=O)N=2)c1. The van der Waals surface area contributed by atoms with E-state index in [1.807, 2.05) is 12.1 Å². The van der Waals surface area contributed by atoms with Crippen LogP contribution in [0.4, 0.5) is 0 Å². The number of ether oxygens (including phenoxy) is 3. The van der Waals surface area contributed by atoms with E-state index in [0.717, 1.165) is 11.1 Å². The topological polar surface area (TPSA) is 107 Å². The fourth-order valence-electron chi connectivity index (χ4n) is 3.38. The minimum atomic E-state index is -0.489. The Balaban J connectivity index is 2.01. The standard InChI is InChI=1S/C20H15N3O4/c1-25-11-5-10(6-12(7-11)26-2)18-13-3-4-16-14(8-17(24)23-16)19(13)27-20(22)15(18)9-21/h3-8,18H,22H2,1-2H3. The molecule has 0 saturated heterocycles. The molecule has 2 heterocycles. The van der Waals surface area contributed by atoms with Crippen LogP contribution in [0.1, 0.15) is 17.0 Å². The predicted molar refractivity (Wildman–Crippen MR) is 95.5 cm³/mol. The van der Waals surface area contributed by atoms with Crippen LogP contribution < -0.4 is 30.5 Å². The lowest BCUT2D eigenvalue weighted by molar-refractivity contribution is -0.112. The molecule has 1 unspecified atom stereocenters. The van der Waals surface area contributed by atoms with Crippen LogP contribution in [-0.4, -0.2) is 20.1 Å². The van der Waals surface area contributed by atoms with Gasteiger partial charge in [0.1, 0.15) is 28.9 Å². The van der Waals surface area contributed by atoms with Gasteiger partial charge in [-0.05, 0) is 23.8 Å². The van der Waals surface area contributed by atoms with E-state index in [1.165, 1.54) is 6.08 Å². The number of hydrogen-bond donors (Lipinski definition) is 1. The number of nitrogens with two attached hydrogens (primary N) is 1. The molecule has 2 N–H and O–H groups in total. The number of carbonyl (C=O) groups is 1. The summed E-state index contributed by atoms with van der Waals surface area (Å²) >= 11 is 0. The van der Waals surface area contributed by atoms with Crippen LogP contribution in [0.15, 0.2) is 46.8 Å². The van der Waals surface area contributed by atoms with Crippen molar-refractivity contribution in [3.8, 4) is 23.3 Å². The molecule has 0 aromatic heterocycles. The zero-order chi connectivity index (χ0) is 19.1. The number of carbonyl (C=O) groups excluding carboxylic acids is 1. The zero-order valence-electron chi connectivity index (χ0n) is 14.6.